The molecule has 0 spiro atoms. The first-order valence-corrected chi connectivity index (χ1v) is 7.92. The van der Waals surface area contributed by atoms with E-state index in [-0.39, 0.29) is 10.6 Å². The Morgan fingerprint density at radius 1 is 1.43 bits per heavy atom. The average Bonchev–Trinajstić information content (AvgIpc) is 2.93. The van der Waals surface area contributed by atoms with E-state index in [1.54, 1.807) is 25.3 Å². The molecule has 0 saturated heterocycles. The van der Waals surface area contributed by atoms with Gasteiger partial charge in [0.15, 0.2) is 4.34 Å². The van der Waals surface area contributed by atoms with Crippen molar-refractivity contribution in [1.82, 2.24) is 10.2 Å². The zero-order valence-electron chi connectivity index (χ0n) is 11.3. The number of aromatic nitrogens is 2. The molecule has 0 aliphatic carbocycles. The second-order valence-electron chi connectivity index (χ2n) is 3.97. The van der Waals surface area contributed by atoms with E-state index in [2.05, 4.69) is 15.5 Å². The van der Waals surface area contributed by atoms with Gasteiger partial charge in [0.1, 0.15) is 0 Å². The lowest BCUT2D eigenvalue weighted by atomic mass is 10.2. The largest absolute Gasteiger partial charge is 0.383 e. The number of rotatable bonds is 8. The number of para-hydroxylation sites is 1. The monoisotopic (exact) mass is 326 g/mol. The van der Waals surface area contributed by atoms with Crippen LogP contribution in [0.4, 0.5) is 10.8 Å². The van der Waals surface area contributed by atoms with E-state index in [0.717, 1.165) is 9.47 Å². The van der Waals surface area contributed by atoms with Gasteiger partial charge >= 0.3 is 0 Å². The lowest BCUT2D eigenvalue weighted by Crippen LogP contribution is -2.06. The summed E-state index contributed by atoms with van der Waals surface area (Å²) in [6.07, 6.45) is 0. The first kappa shape index (κ1) is 15.7. The predicted molar refractivity (Wildman–Crippen MR) is 82.9 cm³/mol. The molecule has 1 N–H and O–H groups in total. The van der Waals surface area contributed by atoms with Crippen molar-refractivity contribution in [3.8, 4) is 0 Å². The van der Waals surface area contributed by atoms with E-state index < -0.39 is 0 Å². The highest BCUT2D eigenvalue weighted by Crippen LogP contribution is 2.30. The fourth-order valence-corrected chi connectivity index (χ4v) is 3.32. The number of nitro groups is 1. The fraction of sp³-hybridized carbons (Fsp3) is 0.333. The molecule has 0 saturated carbocycles. The molecular weight excluding hydrogens is 312 g/mol. The Kier molecular flexibility index (Phi) is 5.90. The minimum Gasteiger partial charge on any atom is -0.383 e. The number of benzene rings is 1. The third-order valence-corrected chi connectivity index (χ3v) is 4.59. The molecule has 2 aromatic rings. The van der Waals surface area contributed by atoms with E-state index in [4.69, 9.17) is 4.74 Å². The maximum Gasteiger partial charge on any atom is 0.273 e. The van der Waals surface area contributed by atoms with Crippen LogP contribution in [0, 0.1) is 10.1 Å². The highest BCUT2D eigenvalue weighted by atomic mass is 32.2. The minimum atomic E-state index is -0.367. The number of ether oxygens (including phenoxy) is 1. The van der Waals surface area contributed by atoms with Crippen LogP contribution in [0.5, 0.6) is 0 Å². The van der Waals surface area contributed by atoms with Crippen LogP contribution < -0.4 is 5.32 Å². The van der Waals surface area contributed by atoms with E-state index in [1.165, 1.54) is 29.2 Å². The van der Waals surface area contributed by atoms with Crippen LogP contribution >= 0.6 is 23.1 Å². The van der Waals surface area contributed by atoms with Gasteiger partial charge in [-0.1, -0.05) is 41.3 Å². The Bertz CT molecular complexity index is 606. The summed E-state index contributed by atoms with van der Waals surface area (Å²) in [7, 11) is 1.63. The Balaban J connectivity index is 1.93. The Hall–Kier alpha value is -1.71. The SMILES string of the molecule is COCCNc1nnc(SCc2ccccc2[N+](=O)[O-])s1. The number of anilines is 1. The molecule has 2 rings (SSSR count). The van der Waals surface area contributed by atoms with Crippen molar-refractivity contribution in [3.63, 3.8) is 0 Å². The molecule has 0 radical (unpaired) electrons. The van der Waals surface area contributed by atoms with Crippen molar-refractivity contribution in [2.24, 2.45) is 0 Å². The number of nitro benzene ring substituents is 1. The predicted octanol–water partition coefficient (Wildman–Crippen LogP) is 2.80. The number of nitrogens with one attached hydrogen (secondary N) is 1. The van der Waals surface area contributed by atoms with Crippen molar-refractivity contribution < 1.29 is 9.66 Å². The summed E-state index contributed by atoms with van der Waals surface area (Å²) < 4.78 is 5.71. The van der Waals surface area contributed by atoms with Crippen molar-refractivity contribution in [1.29, 1.82) is 0 Å². The van der Waals surface area contributed by atoms with Gasteiger partial charge in [-0.15, -0.1) is 10.2 Å². The van der Waals surface area contributed by atoms with Gasteiger partial charge in [0.25, 0.3) is 5.69 Å². The second kappa shape index (κ2) is 7.91. The molecule has 9 heteroatoms. The molecule has 21 heavy (non-hydrogen) atoms. The smallest absolute Gasteiger partial charge is 0.273 e. The van der Waals surface area contributed by atoms with Gasteiger partial charge in [-0.25, -0.2) is 0 Å². The topological polar surface area (TPSA) is 90.2 Å². The third-order valence-electron chi connectivity index (χ3n) is 2.53. The quantitative estimate of drug-likeness (QED) is 0.345. The van der Waals surface area contributed by atoms with E-state index in [0.29, 0.717) is 24.5 Å². The van der Waals surface area contributed by atoms with Gasteiger partial charge in [-0.2, -0.15) is 0 Å². The summed E-state index contributed by atoms with van der Waals surface area (Å²) in [5, 5.41) is 22.8. The molecule has 1 heterocycles. The van der Waals surface area contributed by atoms with Gasteiger partial charge in [0.2, 0.25) is 5.13 Å². The number of nitrogens with zero attached hydrogens (tertiary/aromatic N) is 3. The number of thioether (sulfide) groups is 1. The van der Waals surface area contributed by atoms with Crippen LogP contribution in [-0.4, -0.2) is 35.4 Å². The van der Waals surface area contributed by atoms with Crippen molar-refractivity contribution >= 4 is 33.9 Å². The molecule has 1 aromatic carbocycles. The summed E-state index contributed by atoms with van der Waals surface area (Å²) in [6, 6.07) is 6.72. The van der Waals surface area contributed by atoms with Crippen molar-refractivity contribution in [2.75, 3.05) is 25.6 Å². The lowest BCUT2D eigenvalue weighted by molar-refractivity contribution is -0.385. The maximum atomic E-state index is 10.9. The van der Waals surface area contributed by atoms with Gasteiger partial charge in [0, 0.05) is 31.0 Å². The summed E-state index contributed by atoms with van der Waals surface area (Å²) >= 11 is 2.86. The zero-order chi connectivity index (χ0) is 15.1. The Morgan fingerprint density at radius 2 is 2.24 bits per heavy atom. The molecule has 1 aromatic heterocycles. The van der Waals surface area contributed by atoms with Gasteiger partial charge < -0.3 is 10.1 Å². The molecule has 0 fully saturated rings. The first-order valence-electron chi connectivity index (χ1n) is 6.12. The number of hydrogen-bond acceptors (Lipinski definition) is 8. The molecule has 0 aliphatic heterocycles. The maximum absolute atomic E-state index is 10.9. The van der Waals surface area contributed by atoms with Gasteiger partial charge in [-0.05, 0) is 0 Å². The van der Waals surface area contributed by atoms with Crippen molar-refractivity contribution in [3.05, 3.63) is 39.9 Å². The average molecular weight is 326 g/mol. The third kappa shape index (κ3) is 4.66. The molecular formula is C12H14N4O3S2. The van der Waals surface area contributed by atoms with Crippen LogP contribution in [0.1, 0.15) is 5.56 Å². The summed E-state index contributed by atoms with van der Waals surface area (Å²) in [5.74, 6) is 0.490. The van der Waals surface area contributed by atoms with Crippen LogP contribution in [0.25, 0.3) is 0 Å². The minimum absolute atomic E-state index is 0.132. The van der Waals surface area contributed by atoms with Crippen LogP contribution in [0.3, 0.4) is 0 Å². The summed E-state index contributed by atoms with van der Waals surface area (Å²) in [6.45, 7) is 1.26. The second-order valence-corrected chi connectivity index (χ2v) is 6.17. The first-order chi connectivity index (χ1) is 10.2. The molecule has 0 amide bonds. The van der Waals surface area contributed by atoms with Gasteiger partial charge in [-0.3, -0.25) is 10.1 Å². The highest BCUT2D eigenvalue weighted by molar-refractivity contribution is 8.00. The molecule has 0 bridgehead atoms. The van der Waals surface area contributed by atoms with Crippen LogP contribution in [-0.2, 0) is 10.5 Å². The molecule has 7 nitrogen and oxygen atoms in total. The Labute approximate surface area is 129 Å². The summed E-state index contributed by atoms with van der Waals surface area (Å²) in [5.41, 5.74) is 0.810. The van der Waals surface area contributed by atoms with Crippen LogP contribution in [0.2, 0.25) is 0 Å². The molecule has 0 aliphatic rings. The zero-order valence-corrected chi connectivity index (χ0v) is 12.9. The molecule has 0 unspecified atom stereocenters. The number of methoxy groups -OCH3 is 1. The summed E-state index contributed by atoms with van der Waals surface area (Å²) in [4.78, 5) is 10.6. The standard InChI is InChI=1S/C12H14N4O3S2/c1-19-7-6-13-11-14-15-12(21-11)20-8-9-4-2-3-5-10(9)16(17)18/h2-5H,6-8H2,1H3,(H,13,14). The van der Waals surface area contributed by atoms with E-state index in [1.807, 2.05) is 0 Å². The molecule has 112 valence electrons. The van der Waals surface area contributed by atoms with E-state index >= 15 is 0 Å². The van der Waals surface area contributed by atoms with Gasteiger partial charge in [0.05, 0.1) is 11.5 Å². The fourth-order valence-electron chi connectivity index (χ4n) is 1.55. The lowest BCUT2D eigenvalue weighted by Gasteiger charge is -2.00. The number of hydrogen-bond donors (Lipinski definition) is 1. The highest BCUT2D eigenvalue weighted by Gasteiger charge is 2.13. The van der Waals surface area contributed by atoms with Crippen molar-refractivity contribution in [2.45, 2.75) is 10.1 Å². The molecule has 0 atom stereocenters. The normalized spacial score (nSPS) is 10.5. The van der Waals surface area contributed by atoms with E-state index in [9.17, 15) is 10.1 Å². The van der Waals surface area contributed by atoms with Crippen LogP contribution in [0.15, 0.2) is 28.6 Å². The Morgan fingerprint density at radius 3 is 3.00 bits per heavy atom.